The van der Waals surface area contributed by atoms with Gasteiger partial charge in [0.2, 0.25) is 0 Å². The molecule has 0 saturated heterocycles. The SMILES string of the molecule is COc1cc(OC)c2ccn(Cc3cccc4ccccc34)c2c1. The van der Waals surface area contributed by atoms with Crippen LogP contribution in [0.1, 0.15) is 5.56 Å². The zero-order chi connectivity index (χ0) is 16.5. The van der Waals surface area contributed by atoms with Gasteiger partial charge in [0.15, 0.2) is 0 Å². The van der Waals surface area contributed by atoms with Crippen molar-refractivity contribution in [1.29, 1.82) is 0 Å². The highest BCUT2D eigenvalue weighted by atomic mass is 16.5. The van der Waals surface area contributed by atoms with Crippen molar-refractivity contribution in [1.82, 2.24) is 4.57 Å². The molecule has 3 heteroatoms. The summed E-state index contributed by atoms with van der Waals surface area (Å²) in [6.07, 6.45) is 2.11. The van der Waals surface area contributed by atoms with Crippen LogP contribution in [0, 0.1) is 0 Å². The number of benzene rings is 3. The zero-order valence-corrected chi connectivity index (χ0v) is 13.8. The lowest BCUT2D eigenvalue weighted by molar-refractivity contribution is 0.398. The van der Waals surface area contributed by atoms with E-state index in [1.54, 1.807) is 14.2 Å². The third-order valence-electron chi connectivity index (χ3n) is 4.50. The van der Waals surface area contributed by atoms with E-state index in [1.807, 2.05) is 6.07 Å². The molecule has 3 aromatic carbocycles. The van der Waals surface area contributed by atoms with E-state index in [4.69, 9.17) is 9.47 Å². The Morgan fingerprint density at radius 2 is 1.67 bits per heavy atom. The minimum Gasteiger partial charge on any atom is -0.497 e. The molecule has 120 valence electrons. The van der Waals surface area contributed by atoms with Crippen molar-refractivity contribution < 1.29 is 9.47 Å². The Hall–Kier alpha value is -2.94. The van der Waals surface area contributed by atoms with Crippen LogP contribution < -0.4 is 9.47 Å². The second-order valence-electron chi connectivity index (χ2n) is 5.84. The van der Waals surface area contributed by atoms with E-state index in [9.17, 15) is 0 Å². The van der Waals surface area contributed by atoms with Crippen LogP contribution in [0.4, 0.5) is 0 Å². The van der Waals surface area contributed by atoms with Crippen molar-refractivity contribution in [2.45, 2.75) is 6.54 Å². The van der Waals surface area contributed by atoms with Gasteiger partial charge >= 0.3 is 0 Å². The number of fused-ring (bicyclic) bond motifs is 2. The highest BCUT2D eigenvalue weighted by molar-refractivity contribution is 5.89. The minimum absolute atomic E-state index is 0.803. The summed E-state index contributed by atoms with van der Waals surface area (Å²) >= 11 is 0. The molecular weight excluding hydrogens is 298 g/mol. The van der Waals surface area contributed by atoms with Gasteiger partial charge in [-0.1, -0.05) is 42.5 Å². The van der Waals surface area contributed by atoms with Crippen LogP contribution in [0.25, 0.3) is 21.7 Å². The molecule has 3 nitrogen and oxygen atoms in total. The monoisotopic (exact) mass is 317 g/mol. The summed E-state index contributed by atoms with van der Waals surface area (Å²) in [4.78, 5) is 0. The highest BCUT2D eigenvalue weighted by Gasteiger charge is 2.10. The Labute approximate surface area is 141 Å². The quantitative estimate of drug-likeness (QED) is 0.536. The van der Waals surface area contributed by atoms with Crippen molar-refractivity contribution in [2.75, 3.05) is 14.2 Å². The Kier molecular flexibility index (Phi) is 3.62. The molecule has 4 aromatic rings. The van der Waals surface area contributed by atoms with Gasteiger partial charge in [-0.25, -0.2) is 0 Å². The number of hydrogen-bond donors (Lipinski definition) is 0. The van der Waals surface area contributed by atoms with Crippen molar-refractivity contribution in [3.05, 3.63) is 72.4 Å². The van der Waals surface area contributed by atoms with Gasteiger partial charge in [0.25, 0.3) is 0 Å². The second-order valence-corrected chi connectivity index (χ2v) is 5.84. The van der Waals surface area contributed by atoms with E-state index in [0.29, 0.717) is 0 Å². The van der Waals surface area contributed by atoms with Crippen molar-refractivity contribution >= 4 is 21.7 Å². The zero-order valence-electron chi connectivity index (χ0n) is 13.8. The van der Waals surface area contributed by atoms with Crippen molar-refractivity contribution in [3.8, 4) is 11.5 Å². The van der Waals surface area contributed by atoms with E-state index in [0.717, 1.165) is 28.9 Å². The summed E-state index contributed by atoms with van der Waals surface area (Å²) in [5, 5.41) is 3.65. The molecule has 0 aliphatic rings. The number of hydrogen-bond acceptors (Lipinski definition) is 2. The average molecular weight is 317 g/mol. The number of nitrogens with zero attached hydrogens (tertiary/aromatic N) is 1. The first kappa shape index (κ1) is 14.6. The number of rotatable bonds is 4. The smallest absolute Gasteiger partial charge is 0.131 e. The Morgan fingerprint density at radius 1 is 0.833 bits per heavy atom. The molecule has 0 unspecified atom stereocenters. The largest absolute Gasteiger partial charge is 0.497 e. The van der Waals surface area contributed by atoms with Crippen LogP contribution >= 0.6 is 0 Å². The molecule has 4 rings (SSSR count). The molecule has 0 aliphatic heterocycles. The van der Waals surface area contributed by atoms with Gasteiger partial charge in [-0.05, 0) is 22.4 Å². The number of aromatic nitrogens is 1. The molecule has 0 spiro atoms. The average Bonchev–Trinajstić information content (AvgIpc) is 3.04. The maximum Gasteiger partial charge on any atom is 0.131 e. The molecule has 0 saturated carbocycles. The fourth-order valence-electron chi connectivity index (χ4n) is 3.28. The lowest BCUT2D eigenvalue weighted by Crippen LogP contribution is -1.99. The topological polar surface area (TPSA) is 23.4 Å². The van der Waals surface area contributed by atoms with Crippen molar-refractivity contribution in [3.63, 3.8) is 0 Å². The van der Waals surface area contributed by atoms with Gasteiger partial charge in [-0.2, -0.15) is 0 Å². The second kappa shape index (κ2) is 5.93. The fourth-order valence-corrected chi connectivity index (χ4v) is 3.28. The van der Waals surface area contributed by atoms with Crippen LogP contribution in [-0.4, -0.2) is 18.8 Å². The molecule has 0 aliphatic carbocycles. The molecule has 0 fully saturated rings. The third-order valence-corrected chi connectivity index (χ3v) is 4.50. The first-order valence-electron chi connectivity index (χ1n) is 7.97. The van der Waals surface area contributed by atoms with E-state index in [-0.39, 0.29) is 0 Å². The molecule has 0 radical (unpaired) electrons. The van der Waals surface area contributed by atoms with Gasteiger partial charge in [-0.3, -0.25) is 0 Å². The van der Waals surface area contributed by atoms with Crippen LogP contribution in [0.2, 0.25) is 0 Å². The molecule has 0 N–H and O–H groups in total. The summed E-state index contributed by atoms with van der Waals surface area (Å²) in [5.74, 6) is 1.64. The van der Waals surface area contributed by atoms with Gasteiger partial charge in [0.05, 0.1) is 19.7 Å². The molecular formula is C21H19NO2. The molecule has 1 heterocycles. The van der Waals surface area contributed by atoms with Crippen LogP contribution in [0.5, 0.6) is 11.5 Å². The van der Waals surface area contributed by atoms with E-state index < -0.39 is 0 Å². The lowest BCUT2D eigenvalue weighted by atomic mass is 10.0. The van der Waals surface area contributed by atoms with Crippen LogP contribution in [0.3, 0.4) is 0 Å². The molecule has 1 aromatic heterocycles. The third kappa shape index (κ3) is 2.38. The standard InChI is InChI=1S/C21H19NO2/c1-23-17-12-20-19(21(13-17)24-2)10-11-22(20)14-16-8-5-7-15-6-3-4-9-18(15)16/h3-13H,14H2,1-2H3. The molecule has 0 bridgehead atoms. The van der Waals surface area contributed by atoms with E-state index >= 15 is 0 Å². The van der Waals surface area contributed by atoms with Gasteiger partial charge in [0, 0.05) is 30.3 Å². The normalized spacial score (nSPS) is 11.1. The number of ether oxygens (including phenoxy) is 2. The lowest BCUT2D eigenvalue weighted by Gasteiger charge is -2.11. The summed E-state index contributed by atoms with van der Waals surface area (Å²) in [7, 11) is 3.37. The summed E-state index contributed by atoms with van der Waals surface area (Å²) in [6, 6.07) is 21.0. The Bertz CT molecular complexity index is 1010. The van der Waals surface area contributed by atoms with Gasteiger partial charge in [-0.15, -0.1) is 0 Å². The summed E-state index contributed by atoms with van der Waals surface area (Å²) in [6.45, 7) is 0.807. The molecule has 24 heavy (non-hydrogen) atoms. The molecule has 0 amide bonds. The summed E-state index contributed by atoms with van der Waals surface area (Å²) in [5.41, 5.74) is 2.41. The first-order valence-corrected chi connectivity index (χ1v) is 7.97. The number of methoxy groups -OCH3 is 2. The summed E-state index contributed by atoms with van der Waals surface area (Å²) < 4.78 is 13.2. The molecule has 0 atom stereocenters. The van der Waals surface area contributed by atoms with Crippen molar-refractivity contribution in [2.24, 2.45) is 0 Å². The first-order chi connectivity index (χ1) is 11.8. The van der Waals surface area contributed by atoms with Crippen LogP contribution in [0.15, 0.2) is 66.9 Å². The maximum atomic E-state index is 5.51. The Balaban J connectivity index is 1.85. The van der Waals surface area contributed by atoms with E-state index in [1.165, 1.54) is 16.3 Å². The minimum atomic E-state index is 0.803. The maximum absolute atomic E-state index is 5.51. The Morgan fingerprint density at radius 3 is 2.50 bits per heavy atom. The van der Waals surface area contributed by atoms with Gasteiger partial charge < -0.3 is 14.0 Å². The van der Waals surface area contributed by atoms with Gasteiger partial charge in [0.1, 0.15) is 11.5 Å². The predicted octanol–water partition coefficient (Wildman–Crippen LogP) is 4.86. The van der Waals surface area contributed by atoms with E-state index in [2.05, 4.69) is 65.4 Å². The van der Waals surface area contributed by atoms with Crippen LogP contribution in [-0.2, 0) is 6.54 Å². The highest BCUT2D eigenvalue weighted by Crippen LogP contribution is 2.32. The predicted molar refractivity (Wildman–Crippen MR) is 98.1 cm³/mol. The fraction of sp³-hybridized carbons (Fsp3) is 0.143.